The Morgan fingerprint density at radius 1 is 1.38 bits per heavy atom. The molecular formula is C9H5F4NO2. The zero-order chi connectivity index (χ0) is 12.2. The van der Waals surface area contributed by atoms with Crippen LogP contribution in [0.1, 0.15) is 0 Å². The van der Waals surface area contributed by atoms with Crippen LogP contribution in [0, 0.1) is 0 Å². The van der Waals surface area contributed by atoms with Crippen molar-refractivity contribution in [3.8, 4) is 5.75 Å². The molecule has 1 aromatic carbocycles. The van der Waals surface area contributed by atoms with Gasteiger partial charge >= 0.3 is 12.5 Å². The highest BCUT2D eigenvalue weighted by Crippen LogP contribution is 2.29. The summed E-state index contributed by atoms with van der Waals surface area (Å²) in [5.74, 6) is -0.512. The van der Waals surface area contributed by atoms with Crippen molar-refractivity contribution in [2.45, 2.75) is 12.5 Å². The normalized spacial score (nSPS) is 11.1. The zero-order valence-electron chi connectivity index (χ0n) is 7.66. The van der Waals surface area contributed by atoms with E-state index in [1.54, 1.807) is 0 Å². The lowest BCUT2D eigenvalue weighted by molar-refractivity contribution is -0.253. The molecule has 1 aromatic rings. The first-order valence-corrected chi connectivity index (χ1v) is 3.98. The lowest BCUT2D eigenvalue weighted by atomic mass is 10.3. The van der Waals surface area contributed by atoms with E-state index in [0.29, 0.717) is 0 Å². The number of benzene rings is 1. The van der Waals surface area contributed by atoms with E-state index in [1.807, 2.05) is 0 Å². The Morgan fingerprint density at radius 2 is 2.06 bits per heavy atom. The highest BCUT2D eigenvalue weighted by atomic mass is 19.3. The molecule has 0 radical (unpaired) electrons. The highest BCUT2D eigenvalue weighted by Gasteiger charge is 2.43. The lowest BCUT2D eigenvalue weighted by Crippen LogP contribution is -2.33. The Kier molecular flexibility index (Phi) is 3.63. The number of nitrogens with zero attached hydrogens (tertiary/aromatic N) is 1. The Morgan fingerprint density at radius 3 is 2.62 bits per heavy atom. The fourth-order valence-electron chi connectivity index (χ4n) is 0.871. The third-order valence-corrected chi connectivity index (χ3v) is 1.50. The van der Waals surface area contributed by atoms with Crippen molar-refractivity contribution in [3.05, 3.63) is 24.3 Å². The van der Waals surface area contributed by atoms with E-state index in [2.05, 4.69) is 9.73 Å². The summed E-state index contributed by atoms with van der Waals surface area (Å²) in [7, 11) is 0. The van der Waals surface area contributed by atoms with Crippen LogP contribution >= 0.6 is 0 Å². The molecule has 0 N–H and O–H groups in total. The molecule has 0 amide bonds. The van der Waals surface area contributed by atoms with Crippen molar-refractivity contribution >= 4 is 11.8 Å². The quantitative estimate of drug-likeness (QED) is 0.457. The van der Waals surface area contributed by atoms with Crippen LogP contribution in [0.2, 0.25) is 0 Å². The maximum atomic E-state index is 12.5. The minimum absolute atomic E-state index is 0.0161. The summed E-state index contributed by atoms with van der Waals surface area (Å²) in [5, 5.41) is 0. The van der Waals surface area contributed by atoms with Crippen LogP contribution < -0.4 is 4.74 Å². The lowest BCUT2D eigenvalue weighted by Gasteiger charge is -2.16. The van der Waals surface area contributed by atoms with E-state index in [-0.39, 0.29) is 5.69 Å². The Hall–Kier alpha value is -1.88. The maximum Gasteiger partial charge on any atom is 0.461 e. The molecule has 0 atom stereocenters. The number of isocyanates is 1. The number of alkyl halides is 4. The van der Waals surface area contributed by atoms with Crippen LogP contribution in [0.4, 0.5) is 23.2 Å². The van der Waals surface area contributed by atoms with Gasteiger partial charge in [0.2, 0.25) is 6.08 Å². The van der Waals surface area contributed by atoms with Crippen molar-refractivity contribution in [1.82, 2.24) is 0 Å². The molecule has 0 aromatic heterocycles. The highest BCUT2D eigenvalue weighted by molar-refractivity contribution is 5.51. The molecule has 1 rings (SSSR count). The number of ether oxygens (including phenoxy) is 1. The molecule has 0 aliphatic carbocycles. The molecule has 0 saturated carbocycles. The number of aliphatic imine (C=N–C) groups is 1. The molecule has 0 aliphatic rings. The monoisotopic (exact) mass is 235 g/mol. The first kappa shape index (κ1) is 12.2. The van der Waals surface area contributed by atoms with Gasteiger partial charge < -0.3 is 4.74 Å². The van der Waals surface area contributed by atoms with Crippen molar-refractivity contribution in [1.29, 1.82) is 0 Å². The third kappa shape index (κ3) is 3.06. The van der Waals surface area contributed by atoms with Crippen LogP contribution in [0.3, 0.4) is 0 Å². The van der Waals surface area contributed by atoms with Gasteiger partial charge in [-0.1, -0.05) is 6.07 Å². The van der Waals surface area contributed by atoms with Gasteiger partial charge in [0.25, 0.3) is 0 Å². The molecule has 0 saturated heterocycles. The fourth-order valence-corrected chi connectivity index (χ4v) is 0.871. The average Bonchev–Trinajstić information content (AvgIpc) is 2.17. The number of carbonyl (C=O) groups excluding carboxylic acids is 1. The minimum Gasteiger partial charge on any atom is -0.428 e. The van der Waals surface area contributed by atoms with Crippen molar-refractivity contribution in [2.24, 2.45) is 4.99 Å². The Bertz CT molecular complexity index is 416. The van der Waals surface area contributed by atoms with E-state index < -0.39 is 18.3 Å². The number of halogens is 4. The molecule has 16 heavy (non-hydrogen) atoms. The second kappa shape index (κ2) is 4.76. The summed E-state index contributed by atoms with van der Waals surface area (Å²) >= 11 is 0. The summed E-state index contributed by atoms with van der Waals surface area (Å²) in [6.07, 6.45) is -7.34. The number of hydrogen-bond acceptors (Lipinski definition) is 3. The van der Waals surface area contributed by atoms with Gasteiger partial charge in [0, 0.05) is 6.07 Å². The van der Waals surface area contributed by atoms with Crippen molar-refractivity contribution in [2.75, 3.05) is 0 Å². The molecule has 0 spiro atoms. The largest absolute Gasteiger partial charge is 0.461 e. The van der Waals surface area contributed by atoms with Crippen LogP contribution in [0.25, 0.3) is 0 Å². The molecule has 3 nitrogen and oxygen atoms in total. The smallest absolute Gasteiger partial charge is 0.428 e. The second-order valence-corrected chi connectivity index (χ2v) is 2.67. The van der Waals surface area contributed by atoms with Gasteiger partial charge in [-0.15, -0.1) is 0 Å². The molecule has 86 valence electrons. The Labute approximate surface area is 87.4 Å². The molecule has 0 fully saturated rings. The minimum atomic E-state index is -4.58. The molecule has 7 heteroatoms. The van der Waals surface area contributed by atoms with Crippen LogP contribution in [0.5, 0.6) is 5.75 Å². The van der Waals surface area contributed by atoms with Gasteiger partial charge in [-0.3, -0.25) is 0 Å². The summed E-state index contributed by atoms with van der Waals surface area (Å²) in [6, 6.07) is 4.49. The summed E-state index contributed by atoms with van der Waals surface area (Å²) in [4.78, 5) is 13.0. The summed E-state index contributed by atoms with van der Waals surface area (Å²) < 4.78 is 52.3. The Balaban J connectivity index is 2.89. The van der Waals surface area contributed by atoms with Crippen molar-refractivity contribution < 1.29 is 27.1 Å². The van der Waals surface area contributed by atoms with Crippen LogP contribution in [-0.2, 0) is 4.79 Å². The van der Waals surface area contributed by atoms with Gasteiger partial charge in [-0.2, -0.15) is 22.6 Å². The topological polar surface area (TPSA) is 38.7 Å². The first-order chi connectivity index (χ1) is 7.45. The molecule has 0 aliphatic heterocycles. The second-order valence-electron chi connectivity index (χ2n) is 2.67. The van der Waals surface area contributed by atoms with Crippen molar-refractivity contribution in [3.63, 3.8) is 0 Å². The van der Waals surface area contributed by atoms with E-state index in [0.717, 1.165) is 12.1 Å². The van der Waals surface area contributed by atoms with E-state index in [4.69, 9.17) is 0 Å². The predicted octanol–water partition coefficient (Wildman–Crippen LogP) is 2.89. The van der Waals surface area contributed by atoms with E-state index in [9.17, 15) is 22.4 Å². The van der Waals surface area contributed by atoms with E-state index >= 15 is 0 Å². The van der Waals surface area contributed by atoms with Gasteiger partial charge in [0.05, 0.1) is 5.69 Å². The zero-order valence-corrected chi connectivity index (χ0v) is 7.66. The SMILES string of the molecule is O=C=Nc1cccc(OC(F)(F)C(F)F)c1. The summed E-state index contributed by atoms with van der Waals surface area (Å²) in [5.41, 5.74) is -0.0161. The van der Waals surface area contributed by atoms with Crippen LogP contribution in [0.15, 0.2) is 29.3 Å². The standard InChI is InChI=1S/C9H5F4NO2/c10-8(11)9(12,13)16-7-3-1-2-6(4-7)14-5-15/h1-4,8H. The van der Waals surface area contributed by atoms with Gasteiger partial charge in [0.1, 0.15) is 5.75 Å². The molecule has 0 unspecified atom stereocenters. The maximum absolute atomic E-state index is 12.5. The first-order valence-electron chi connectivity index (χ1n) is 3.98. The van der Waals surface area contributed by atoms with Crippen LogP contribution in [-0.4, -0.2) is 18.6 Å². The predicted molar refractivity (Wildman–Crippen MR) is 45.8 cm³/mol. The molecular weight excluding hydrogens is 230 g/mol. The van der Waals surface area contributed by atoms with E-state index in [1.165, 1.54) is 18.2 Å². The fraction of sp³-hybridized carbons (Fsp3) is 0.222. The average molecular weight is 235 g/mol. The number of rotatable bonds is 4. The summed E-state index contributed by atoms with van der Waals surface area (Å²) in [6.45, 7) is 0. The molecule has 0 bridgehead atoms. The molecule has 0 heterocycles. The third-order valence-electron chi connectivity index (χ3n) is 1.50. The van der Waals surface area contributed by atoms with Gasteiger partial charge in [-0.25, -0.2) is 4.79 Å². The number of hydrogen-bond donors (Lipinski definition) is 0. The van der Waals surface area contributed by atoms with Gasteiger partial charge in [0.15, 0.2) is 0 Å². The van der Waals surface area contributed by atoms with Gasteiger partial charge in [-0.05, 0) is 12.1 Å².